The molecule has 0 aromatic heterocycles. The third-order valence-corrected chi connectivity index (χ3v) is 2.79. The minimum atomic E-state index is -0.476. The van der Waals surface area contributed by atoms with Crippen LogP contribution in [0.5, 0.6) is 0 Å². The van der Waals surface area contributed by atoms with Crippen LogP contribution in [0.25, 0.3) is 0 Å². The third-order valence-electron chi connectivity index (χ3n) is 2.79. The van der Waals surface area contributed by atoms with Crippen molar-refractivity contribution in [3.05, 3.63) is 35.9 Å². The van der Waals surface area contributed by atoms with Crippen molar-refractivity contribution in [1.29, 1.82) is 0 Å². The Kier molecular flexibility index (Phi) is 8.52. The van der Waals surface area contributed by atoms with Gasteiger partial charge in [0, 0.05) is 12.8 Å². The number of rotatable bonds is 10. The van der Waals surface area contributed by atoms with Crippen LogP contribution in [0.4, 0.5) is 0 Å². The highest BCUT2D eigenvalue weighted by Gasteiger charge is 2.07. The van der Waals surface area contributed by atoms with Crippen molar-refractivity contribution in [2.75, 3.05) is 19.8 Å². The molecule has 22 heavy (non-hydrogen) atoms. The van der Waals surface area contributed by atoms with Crippen LogP contribution >= 0.6 is 0 Å². The predicted octanol–water partition coefficient (Wildman–Crippen LogP) is 1.23. The van der Waals surface area contributed by atoms with Crippen LogP contribution in [0, 0.1) is 0 Å². The summed E-state index contributed by atoms with van der Waals surface area (Å²) in [5, 5.41) is 2.48. The number of hydrogen-bond donors (Lipinski definition) is 1. The van der Waals surface area contributed by atoms with Gasteiger partial charge in [-0.15, -0.1) is 0 Å². The van der Waals surface area contributed by atoms with E-state index in [0.29, 0.717) is 6.42 Å². The summed E-state index contributed by atoms with van der Waals surface area (Å²) >= 11 is 0. The molecular formula is C16H21NO5. The maximum absolute atomic E-state index is 11.4. The molecule has 0 saturated carbocycles. The topological polar surface area (TPSA) is 81.7 Å². The standard InChI is InChI=1S/C16H21NO5/c1-2-15(19)17-10-14(18)8-9-21-12-16(20)22-11-13-6-4-3-5-7-13/h3-7H,2,8-12H2,1H3,(H,17,19). The largest absolute Gasteiger partial charge is 0.459 e. The number of nitrogens with one attached hydrogen (secondary N) is 1. The second kappa shape index (κ2) is 10.5. The lowest BCUT2D eigenvalue weighted by molar-refractivity contribution is -0.150. The first-order valence-corrected chi connectivity index (χ1v) is 7.17. The van der Waals surface area contributed by atoms with Gasteiger partial charge in [-0.25, -0.2) is 4.79 Å². The summed E-state index contributed by atoms with van der Waals surface area (Å²) in [5.41, 5.74) is 0.901. The number of esters is 1. The molecule has 0 aliphatic carbocycles. The molecule has 0 fully saturated rings. The number of ketones is 1. The van der Waals surface area contributed by atoms with E-state index in [2.05, 4.69) is 5.32 Å². The third kappa shape index (κ3) is 8.16. The van der Waals surface area contributed by atoms with Crippen molar-refractivity contribution in [1.82, 2.24) is 5.32 Å². The summed E-state index contributed by atoms with van der Waals surface area (Å²) < 4.78 is 10.1. The lowest BCUT2D eigenvalue weighted by atomic mass is 10.2. The number of amides is 1. The molecule has 120 valence electrons. The average Bonchev–Trinajstić information content (AvgIpc) is 2.55. The van der Waals surface area contributed by atoms with E-state index in [4.69, 9.17) is 9.47 Å². The van der Waals surface area contributed by atoms with Crippen molar-refractivity contribution >= 4 is 17.7 Å². The minimum absolute atomic E-state index is 0.00547. The number of carbonyl (C=O) groups is 3. The van der Waals surface area contributed by atoms with Crippen LogP contribution in [-0.4, -0.2) is 37.4 Å². The summed E-state index contributed by atoms with van der Waals surface area (Å²) in [6, 6.07) is 9.33. The van der Waals surface area contributed by atoms with Crippen LogP contribution in [0.15, 0.2) is 30.3 Å². The number of hydrogen-bond acceptors (Lipinski definition) is 5. The Morgan fingerprint density at radius 2 is 1.86 bits per heavy atom. The van der Waals surface area contributed by atoms with Gasteiger partial charge in [-0.05, 0) is 5.56 Å². The summed E-state index contributed by atoms with van der Waals surface area (Å²) in [7, 11) is 0. The molecule has 1 aromatic rings. The Bertz CT molecular complexity index is 487. The smallest absolute Gasteiger partial charge is 0.332 e. The lowest BCUT2D eigenvalue weighted by Gasteiger charge is -2.06. The highest BCUT2D eigenvalue weighted by atomic mass is 16.6. The van der Waals surface area contributed by atoms with E-state index < -0.39 is 5.97 Å². The van der Waals surface area contributed by atoms with Crippen LogP contribution in [0.1, 0.15) is 25.3 Å². The molecule has 0 atom stereocenters. The van der Waals surface area contributed by atoms with Gasteiger partial charge in [0.1, 0.15) is 13.2 Å². The summed E-state index contributed by atoms with van der Waals surface area (Å²) in [4.78, 5) is 33.8. The zero-order chi connectivity index (χ0) is 16.2. The van der Waals surface area contributed by atoms with Gasteiger partial charge in [-0.1, -0.05) is 37.3 Å². The molecule has 0 unspecified atom stereocenters. The minimum Gasteiger partial charge on any atom is -0.459 e. The maximum atomic E-state index is 11.4. The van der Waals surface area contributed by atoms with E-state index in [-0.39, 0.29) is 44.5 Å². The molecule has 1 aromatic carbocycles. The van der Waals surface area contributed by atoms with Gasteiger partial charge < -0.3 is 14.8 Å². The SMILES string of the molecule is CCC(=O)NCC(=O)CCOCC(=O)OCc1ccccc1. The van der Waals surface area contributed by atoms with Gasteiger partial charge >= 0.3 is 5.97 Å². The van der Waals surface area contributed by atoms with Gasteiger partial charge in [-0.3, -0.25) is 9.59 Å². The van der Waals surface area contributed by atoms with Crippen molar-refractivity contribution in [2.24, 2.45) is 0 Å². The van der Waals surface area contributed by atoms with Crippen LogP contribution in [0.2, 0.25) is 0 Å². The first-order chi connectivity index (χ1) is 10.6. The first kappa shape index (κ1) is 17.8. The molecule has 1 rings (SSSR count). The van der Waals surface area contributed by atoms with Gasteiger partial charge in [0.2, 0.25) is 5.91 Å². The van der Waals surface area contributed by atoms with Crippen molar-refractivity contribution < 1.29 is 23.9 Å². The zero-order valence-corrected chi connectivity index (χ0v) is 12.7. The number of benzene rings is 1. The Morgan fingerprint density at radius 1 is 1.14 bits per heavy atom. The number of carbonyl (C=O) groups excluding carboxylic acids is 3. The summed E-state index contributed by atoms with van der Waals surface area (Å²) in [6.45, 7) is 1.84. The fourth-order valence-electron chi connectivity index (χ4n) is 1.53. The molecule has 1 amide bonds. The molecule has 1 N–H and O–H groups in total. The number of ether oxygens (including phenoxy) is 2. The Labute approximate surface area is 129 Å². The van der Waals surface area contributed by atoms with Gasteiger partial charge in [0.25, 0.3) is 0 Å². The monoisotopic (exact) mass is 307 g/mol. The highest BCUT2D eigenvalue weighted by molar-refractivity contribution is 5.85. The lowest BCUT2D eigenvalue weighted by Crippen LogP contribution is -2.29. The highest BCUT2D eigenvalue weighted by Crippen LogP contribution is 2.00. The maximum Gasteiger partial charge on any atom is 0.332 e. The molecule has 0 bridgehead atoms. The first-order valence-electron chi connectivity index (χ1n) is 7.17. The molecule has 6 nitrogen and oxygen atoms in total. The molecule has 0 radical (unpaired) electrons. The van der Waals surface area contributed by atoms with E-state index in [9.17, 15) is 14.4 Å². The van der Waals surface area contributed by atoms with E-state index in [1.807, 2.05) is 30.3 Å². The van der Waals surface area contributed by atoms with Crippen LogP contribution in [-0.2, 0) is 30.5 Å². The zero-order valence-electron chi connectivity index (χ0n) is 12.7. The molecule has 0 aliphatic heterocycles. The molecule has 0 spiro atoms. The molecule has 0 aliphatic rings. The van der Waals surface area contributed by atoms with E-state index in [1.165, 1.54) is 0 Å². The van der Waals surface area contributed by atoms with Gasteiger partial charge in [0.15, 0.2) is 5.78 Å². The molecular weight excluding hydrogens is 286 g/mol. The van der Waals surface area contributed by atoms with Crippen molar-refractivity contribution in [2.45, 2.75) is 26.4 Å². The summed E-state index contributed by atoms with van der Waals surface area (Å²) in [5.74, 6) is -0.784. The van der Waals surface area contributed by atoms with E-state index >= 15 is 0 Å². The van der Waals surface area contributed by atoms with E-state index in [1.54, 1.807) is 6.92 Å². The molecule has 0 heterocycles. The Hall–Kier alpha value is -2.21. The molecule has 6 heteroatoms. The Morgan fingerprint density at radius 3 is 2.55 bits per heavy atom. The van der Waals surface area contributed by atoms with Crippen molar-refractivity contribution in [3.8, 4) is 0 Å². The van der Waals surface area contributed by atoms with Crippen LogP contribution < -0.4 is 5.32 Å². The van der Waals surface area contributed by atoms with E-state index in [0.717, 1.165) is 5.56 Å². The van der Waals surface area contributed by atoms with Gasteiger partial charge in [0.05, 0.1) is 13.2 Å². The Balaban J connectivity index is 2.05. The quantitative estimate of drug-likeness (QED) is 0.519. The fourth-order valence-corrected chi connectivity index (χ4v) is 1.53. The molecule has 0 saturated heterocycles. The second-order valence-corrected chi connectivity index (χ2v) is 4.62. The predicted molar refractivity (Wildman–Crippen MR) is 80.0 cm³/mol. The van der Waals surface area contributed by atoms with Crippen molar-refractivity contribution in [3.63, 3.8) is 0 Å². The average molecular weight is 307 g/mol. The second-order valence-electron chi connectivity index (χ2n) is 4.62. The van der Waals surface area contributed by atoms with Crippen LogP contribution in [0.3, 0.4) is 0 Å². The normalized spacial score (nSPS) is 10.0. The summed E-state index contributed by atoms with van der Waals surface area (Å²) in [6.07, 6.45) is 0.493. The number of Topliss-reactive ketones (excluding diaryl/α,β-unsaturated/α-hetero) is 1. The fraction of sp³-hybridized carbons (Fsp3) is 0.438. The van der Waals surface area contributed by atoms with Gasteiger partial charge in [-0.2, -0.15) is 0 Å².